The lowest BCUT2D eigenvalue weighted by Crippen LogP contribution is -2.68. The second-order valence-electron chi connectivity index (χ2n) is 6.95. The molecule has 4 nitrogen and oxygen atoms in total. The molecule has 1 aliphatic rings. The first-order valence-electron chi connectivity index (χ1n) is 7.23. The molecule has 3 atom stereocenters. The summed E-state index contributed by atoms with van der Waals surface area (Å²) in [6, 6.07) is -0.690. The summed E-state index contributed by atoms with van der Waals surface area (Å²) in [6.07, 6.45) is 0.642. The monoisotopic (exact) mass is 268 g/mol. The SMILES string of the molecule is CCC1NC(=O)C(C(C)C)N(C(C)C(C)(C)C)C1=O. The van der Waals surface area contributed by atoms with Crippen molar-refractivity contribution in [3.63, 3.8) is 0 Å². The van der Waals surface area contributed by atoms with Crippen molar-refractivity contribution in [3.8, 4) is 0 Å². The van der Waals surface area contributed by atoms with Gasteiger partial charge in [0.2, 0.25) is 11.8 Å². The molecule has 0 radical (unpaired) electrons. The molecular formula is C15H28N2O2. The van der Waals surface area contributed by atoms with Crippen LogP contribution in [0.2, 0.25) is 0 Å². The van der Waals surface area contributed by atoms with Crippen molar-refractivity contribution in [2.75, 3.05) is 0 Å². The van der Waals surface area contributed by atoms with Crippen LogP contribution in [-0.4, -0.2) is 34.8 Å². The molecule has 19 heavy (non-hydrogen) atoms. The lowest BCUT2D eigenvalue weighted by Gasteiger charge is -2.47. The zero-order valence-corrected chi connectivity index (χ0v) is 13.3. The number of carbonyl (C=O) groups is 2. The summed E-state index contributed by atoms with van der Waals surface area (Å²) < 4.78 is 0. The van der Waals surface area contributed by atoms with Gasteiger partial charge in [-0.25, -0.2) is 0 Å². The van der Waals surface area contributed by atoms with E-state index in [9.17, 15) is 9.59 Å². The molecule has 0 aromatic rings. The van der Waals surface area contributed by atoms with Gasteiger partial charge < -0.3 is 10.2 Å². The second kappa shape index (κ2) is 5.51. The predicted molar refractivity (Wildman–Crippen MR) is 76.6 cm³/mol. The summed E-state index contributed by atoms with van der Waals surface area (Å²) >= 11 is 0. The third kappa shape index (κ3) is 3.10. The molecule has 0 bridgehead atoms. The molecule has 0 aromatic carbocycles. The average Bonchev–Trinajstić information content (AvgIpc) is 2.28. The van der Waals surface area contributed by atoms with E-state index in [1.165, 1.54) is 0 Å². The van der Waals surface area contributed by atoms with Gasteiger partial charge >= 0.3 is 0 Å². The summed E-state index contributed by atoms with van der Waals surface area (Å²) in [6.45, 7) is 14.3. The maximum atomic E-state index is 12.6. The Kier molecular flexibility index (Phi) is 4.64. The molecule has 0 spiro atoms. The largest absolute Gasteiger partial charge is 0.343 e. The fourth-order valence-electron chi connectivity index (χ4n) is 2.51. The summed E-state index contributed by atoms with van der Waals surface area (Å²) in [7, 11) is 0. The minimum Gasteiger partial charge on any atom is -0.343 e. The second-order valence-corrected chi connectivity index (χ2v) is 6.95. The number of nitrogens with one attached hydrogen (secondary N) is 1. The van der Waals surface area contributed by atoms with Gasteiger partial charge in [-0.1, -0.05) is 41.5 Å². The van der Waals surface area contributed by atoms with Crippen LogP contribution in [0.4, 0.5) is 0 Å². The first-order chi connectivity index (χ1) is 8.61. The molecule has 110 valence electrons. The summed E-state index contributed by atoms with van der Waals surface area (Å²) in [5, 5.41) is 2.85. The van der Waals surface area contributed by atoms with Gasteiger partial charge in [0.1, 0.15) is 12.1 Å². The molecule has 1 saturated heterocycles. The van der Waals surface area contributed by atoms with Crippen LogP contribution >= 0.6 is 0 Å². The van der Waals surface area contributed by atoms with Crippen LogP contribution in [0.15, 0.2) is 0 Å². The fourth-order valence-corrected chi connectivity index (χ4v) is 2.51. The van der Waals surface area contributed by atoms with E-state index < -0.39 is 0 Å². The first kappa shape index (κ1) is 16.0. The lowest BCUT2D eigenvalue weighted by molar-refractivity contribution is -0.156. The van der Waals surface area contributed by atoms with Crippen molar-refractivity contribution >= 4 is 11.8 Å². The van der Waals surface area contributed by atoms with Gasteiger partial charge in [0.25, 0.3) is 0 Å². The number of amides is 2. The van der Waals surface area contributed by atoms with Crippen molar-refractivity contribution in [1.82, 2.24) is 10.2 Å². The fraction of sp³-hybridized carbons (Fsp3) is 0.867. The number of rotatable bonds is 3. The molecule has 2 amide bonds. The molecule has 3 unspecified atom stereocenters. The highest BCUT2D eigenvalue weighted by Crippen LogP contribution is 2.30. The molecule has 1 heterocycles. The van der Waals surface area contributed by atoms with Gasteiger partial charge in [0.15, 0.2) is 0 Å². The highest BCUT2D eigenvalue weighted by molar-refractivity contribution is 5.97. The van der Waals surface area contributed by atoms with Crippen molar-refractivity contribution in [2.45, 2.75) is 73.0 Å². The number of piperazine rings is 1. The molecule has 1 aliphatic heterocycles. The van der Waals surface area contributed by atoms with Gasteiger partial charge in [-0.3, -0.25) is 9.59 Å². The van der Waals surface area contributed by atoms with Crippen LogP contribution < -0.4 is 5.32 Å². The summed E-state index contributed by atoms with van der Waals surface area (Å²) in [4.78, 5) is 26.7. The number of hydrogen-bond acceptors (Lipinski definition) is 2. The third-order valence-electron chi connectivity index (χ3n) is 4.15. The number of hydrogen-bond donors (Lipinski definition) is 1. The van der Waals surface area contributed by atoms with Gasteiger partial charge in [-0.05, 0) is 24.7 Å². The molecule has 1 rings (SSSR count). The van der Waals surface area contributed by atoms with Crippen LogP contribution in [0.1, 0.15) is 54.9 Å². The van der Waals surface area contributed by atoms with E-state index in [0.717, 1.165) is 0 Å². The summed E-state index contributed by atoms with van der Waals surface area (Å²) in [5.41, 5.74) is -0.0429. The van der Waals surface area contributed by atoms with Gasteiger partial charge in [0.05, 0.1) is 0 Å². The molecule has 4 heteroatoms. The van der Waals surface area contributed by atoms with Gasteiger partial charge in [-0.15, -0.1) is 0 Å². The minimum atomic E-state index is -0.368. The van der Waals surface area contributed by atoms with Crippen molar-refractivity contribution in [1.29, 1.82) is 0 Å². The quantitative estimate of drug-likeness (QED) is 0.853. The highest BCUT2D eigenvalue weighted by Gasteiger charge is 2.45. The first-order valence-corrected chi connectivity index (χ1v) is 7.23. The Morgan fingerprint density at radius 1 is 1.21 bits per heavy atom. The van der Waals surface area contributed by atoms with E-state index in [2.05, 4.69) is 26.1 Å². The van der Waals surface area contributed by atoms with E-state index in [4.69, 9.17) is 0 Å². The Labute approximate surface area is 116 Å². The maximum absolute atomic E-state index is 12.6. The third-order valence-corrected chi connectivity index (χ3v) is 4.15. The molecule has 0 aromatic heterocycles. The minimum absolute atomic E-state index is 0.0162. The van der Waals surface area contributed by atoms with Gasteiger partial charge in [-0.2, -0.15) is 0 Å². The Morgan fingerprint density at radius 2 is 1.74 bits per heavy atom. The molecule has 0 saturated carbocycles. The standard InChI is InChI=1S/C15H28N2O2/c1-8-11-14(19)17(10(4)15(5,6)7)12(9(2)3)13(18)16-11/h9-12H,8H2,1-7H3,(H,16,18). The number of carbonyl (C=O) groups excluding carboxylic acids is 2. The number of nitrogens with zero attached hydrogens (tertiary/aromatic N) is 1. The Balaban J connectivity index is 3.16. The van der Waals surface area contributed by atoms with E-state index >= 15 is 0 Å². The van der Waals surface area contributed by atoms with E-state index in [1.54, 1.807) is 0 Å². The Bertz CT molecular complexity index is 358. The summed E-state index contributed by atoms with van der Waals surface area (Å²) in [5.74, 6) is 0.160. The highest BCUT2D eigenvalue weighted by atomic mass is 16.2. The van der Waals surface area contributed by atoms with Crippen LogP contribution in [0.25, 0.3) is 0 Å². The van der Waals surface area contributed by atoms with Crippen molar-refractivity contribution < 1.29 is 9.59 Å². The normalized spacial score (nSPS) is 26.6. The van der Waals surface area contributed by atoms with Crippen LogP contribution in [0.5, 0.6) is 0 Å². The lowest BCUT2D eigenvalue weighted by atomic mass is 9.83. The van der Waals surface area contributed by atoms with Crippen LogP contribution in [0, 0.1) is 11.3 Å². The average molecular weight is 268 g/mol. The van der Waals surface area contributed by atoms with Crippen LogP contribution in [-0.2, 0) is 9.59 Å². The smallest absolute Gasteiger partial charge is 0.246 e. The van der Waals surface area contributed by atoms with Gasteiger partial charge in [0, 0.05) is 6.04 Å². The van der Waals surface area contributed by atoms with Crippen molar-refractivity contribution in [2.24, 2.45) is 11.3 Å². The van der Waals surface area contributed by atoms with Crippen LogP contribution in [0.3, 0.4) is 0 Å². The maximum Gasteiger partial charge on any atom is 0.246 e. The zero-order chi connectivity index (χ0) is 15.0. The Morgan fingerprint density at radius 3 is 2.11 bits per heavy atom. The predicted octanol–water partition coefficient (Wildman–Crippen LogP) is 2.18. The molecular weight excluding hydrogens is 240 g/mol. The molecule has 1 fully saturated rings. The van der Waals surface area contributed by atoms with E-state index in [-0.39, 0.29) is 41.3 Å². The topological polar surface area (TPSA) is 49.4 Å². The van der Waals surface area contributed by atoms with E-state index in [1.807, 2.05) is 32.6 Å². The van der Waals surface area contributed by atoms with E-state index in [0.29, 0.717) is 6.42 Å². The molecule has 0 aliphatic carbocycles. The Hall–Kier alpha value is -1.06. The zero-order valence-electron chi connectivity index (χ0n) is 13.3. The van der Waals surface area contributed by atoms with Crippen molar-refractivity contribution in [3.05, 3.63) is 0 Å². The molecule has 1 N–H and O–H groups in total.